The highest BCUT2D eigenvalue weighted by molar-refractivity contribution is 9.10. The monoisotopic (exact) mass is 525 g/mol. The third kappa shape index (κ3) is 4.45. The van der Waals surface area contributed by atoms with Gasteiger partial charge in [-0.25, -0.2) is 18.3 Å². The van der Waals surface area contributed by atoms with Gasteiger partial charge in [0.15, 0.2) is 5.65 Å². The number of halogens is 3. The van der Waals surface area contributed by atoms with Crippen molar-refractivity contribution in [2.45, 2.75) is 13.0 Å². The standard InChI is InChI=1S/C25H22BrF2N5O/c26-20-9-5-4-8-18(20)16-31-10-12-32(13-11-31)25(34)19-15-29-33-22(23(27)28)14-21(30-24(19)33)17-6-2-1-3-7-17/h1-9,14-15,23H,10-13,16H2. The highest BCUT2D eigenvalue weighted by Crippen LogP contribution is 2.27. The van der Waals surface area contributed by atoms with Crippen LogP contribution in [0.5, 0.6) is 0 Å². The lowest BCUT2D eigenvalue weighted by Crippen LogP contribution is -2.48. The van der Waals surface area contributed by atoms with Gasteiger partial charge in [0.05, 0.1) is 11.9 Å². The molecule has 0 bridgehead atoms. The fourth-order valence-corrected chi connectivity index (χ4v) is 4.61. The first kappa shape index (κ1) is 22.6. The Kier molecular flexibility index (Phi) is 6.38. The molecule has 0 aliphatic carbocycles. The van der Waals surface area contributed by atoms with Gasteiger partial charge in [-0.2, -0.15) is 5.10 Å². The summed E-state index contributed by atoms with van der Waals surface area (Å²) in [7, 11) is 0. The molecule has 4 aromatic rings. The van der Waals surface area contributed by atoms with E-state index in [-0.39, 0.29) is 22.8 Å². The largest absolute Gasteiger partial charge is 0.336 e. The number of benzene rings is 2. The van der Waals surface area contributed by atoms with Crippen molar-refractivity contribution in [3.8, 4) is 11.3 Å². The maximum absolute atomic E-state index is 13.8. The smallest absolute Gasteiger partial charge is 0.280 e. The third-order valence-electron chi connectivity index (χ3n) is 6.03. The number of nitrogens with zero attached hydrogens (tertiary/aromatic N) is 5. The molecule has 1 aliphatic rings. The summed E-state index contributed by atoms with van der Waals surface area (Å²) in [4.78, 5) is 21.9. The Morgan fingerprint density at radius 2 is 1.71 bits per heavy atom. The first-order valence-corrected chi connectivity index (χ1v) is 11.8. The zero-order chi connectivity index (χ0) is 23.7. The summed E-state index contributed by atoms with van der Waals surface area (Å²) < 4.78 is 29.8. The van der Waals surface area contributed by atoms with Crippen molar-refractivity contribution in [2.24, 2.45) is 0 Å². The number of hydrogen-bond acceptors (Lipinski definition) is 4. The van der Waals surface area contributed by atoms with E-state index in [1.807, 2.05) is 36.4 Å². The summed E-state index contributed by atoms with van der Waals surface area (Å²) in [5.74, 6) is -0.242. The number of aromatic nitrogens is 3. The van der Waals surface area contributed by atoms with Gasteiger partial charge in [0, 0.05) is 42.8 Å². The molecule has 0 spiro atoms. The fourth-order valence-electron chi connectivity index (χ4n) is 4.20. The van der Waals surface area contributed by atoms with E-state index in [1.165, 1.54) is 17.8 Å². The molecule has 0 N–H and O–H groups in total. The molecule has 1 fully saturated rings. The molecule has 34 heavy (non-hydrogen) atoms. The van der Waals surface area contributed by atoms with E-state index in [1.54, 1.807) is 17.0 Å². The van der Waals surface area contributed by atoms with Crippen LogP contribution >= 0.6 is 15.9 Å². The molecule has 1 amide bonds. The zero-order valence-electron chi connectivity index (χ0n) is 18.2. The van der Waals surface area contributed by atoms with Crippen LogP contribution in [0.2, 0.25) is 0 Å². The lowest BCUT2D eigenvalue weighted by molar-refractivity contribution is 0.0629. The molecule has 1 aliphatic heterocycles. The highest BCUT2D eigenvalue weighted by Gasteiger charge is 2.27. The Morgan fingerprint density at radius 3 is 2.41 bits per heavy atom. The maximum Gasteiger partial charge on any atom is 0.280 e. The van der Waals surface area contributed by atoms with Crippen LogP contribution in [0.4, 0.5) is 8.78 Å². The number of carbonyl (C=O) groups is 1. The average molecular weight is 526 g/mol. The SMILES string of the molecule is O=C(c1cnn2c(C(F)F)cc(-c3ccccc3)nc12)N1CCN(Cc2ccccc2Br)CC1. The van der Waals surface area contributed by atoms with E-state index in [2.05, 4.69) is 37.0 Å². The quantitative estimate of drug-likeness (QED) is 0.365. The minimum Gasteiger partial charge on any atom is -0.336 e. The van der Waals surface area contributed by atoms with Crippen LogP contribution in [0.15, 0.2) is 71.3 Å². The van der Waals surface area contributed by atoms with Crippen molar-refractivity contribution in [2.75, 3.05) is 26.2 Å². The normalized spacial score (nSPS) is 14.8. The number of alkyl halides is 2. The van der Waals surface area contributed by atoms with Gasteiger partial charge in [0.25, 0.3) is 12.3 Å². The second-order valence-electron chi connectivity index (χ2n) is 8.19. The Labute approximate surface area is 204 Å². The molecule has 1 saturated heterocycles. The van der Waals surface area contributed by atoms with Gasteiger partial charge in [-0.05, 0) is 17.7 Å². The van der Waals surface area contributed by atoms with E-state index in [0.29, 0.717) is 24.3 Å². The van der Waals surface area contributed by atoms with Crippen molar-refractivity contribution in [3.63, 3.8) is 0 Å². The summed E-state index contributed by atoms with van der Waals surface area (Å²) in [6.07, 6.45) is -1.41. The van der Waals surface area contributed by atoms with Gasteiger partial charge >= 0.3 is 0 Å². The average Bonchev–Trinajstić information content (AvgIpc) is 3.29. The van der Waals surface area contributed by atoms with Crippen LogP contribution in [0, 0.1) is 0 Å². The molecule has 174 valence electrons. The number of rotatable bonds is 5. The third-order valence-corrected chi connectivity index (χ3v) is 6.81. The Bertz CT molecular complexity index is 1320. The van der Waals surface area contributed by atoms with E-state index < -0.39 is 6.43 Å². The zero-order valence-corrected chi connectivity index (χ0v) is 19.8. The first-order valence-electron chi connectivity index (χ1n) is 11.0. The summed E-state index contributed by atoms with van der Waals surface area (Å²) in [5, 5.41) is 4.08. The number of piperazine rings is 1. The summed E-state index contributed by atoms with van der Waals surface area (Å²) >= 11 is 3.59. The van der Waals surface area contributed by atoms with Crippen LogP contribution in [-0.2, 0) is 6.54 Å². The molecule has 5 rings (SSSR count). The van der Waals surface area contributed by atoms with Gasteiger partial charge in [-0.3, -0.25) is 9.69 Å². The highest BCUT2D eigenvalue weighted by atomic mass is 79.9. The summed E-state index contributed by atoms with van der Waals surface area (Å²) in [6.45, 7) is 3.32. The molecule has 2 aromatic heterocycles. The van der Waals surface area contributed by atoms with Crippen molar-refractivity contribution in [1.82, 2.24) is 24.4 Å². The van der Waals surface area contributed by atoms with Gasteiger partial charge in [-0.15, -0.1) is 0 Å². The van der Waals surface area contributed by atoms with E-state index in [0.717, 1.165) is 28.6 Å². The second-order valence-corrected chi connectivity index (χ2v) is 9.04. The van der Waals surface area contributed by atoms with Crippen molar-refractivity contribution < 1.29 is 13.6 Å². The lowest BCUT2D eigenvalue weighted by Gasteiger charge is -2.34. The second kappa shape index (κ2) is 9.60. The molecular formula is C25H22BrF2N5O. The fraction of sp³-hybridized carbons (Fsp3) is 0.240. The molecule has 0 radical (unpaired) electrons. The lowest BCUT2D eigenvalue weighted by atomic mass is 10.1. The maximum atomic E-state index is 13.8. The number of amides is 1. The van der Waals surface area contributed by atoms with Crippen molar-refractivity contribution in [3.05, 3.63) is 88.2 Å². The first-order chi connectivity index (χ1) is 16.5. The number of fused-ring (bicyclic) bond motifs is 1. The minimum absolute atomic E-state index is 0.150. The van der Waals surface area contributed by atoms with Crippen LogP contribution < -0.4 is 0 Å². The molecule has 2 aromatic carbocycles. The van der Waals surface area contributed by atoms with E-state index >= 15 is 0 Å². The molecule has 9 heteroatoms. The predicted octanol–water partition coefficient (Wildman–Crippen LogP) is 5.05. The molecular weight excluding hydrogens is 504 g/mol. The van der Waals surface area contributed by atoms with Crippen LogP contribution in [0.1, 0.15) is 28.0 Å². The molecule has 6 nitrogen and oxygen atoms in total. The van der Waals surface area contributed by atoms with E-state index in [9.17, 15) is 13.6 Å². The molecule has 0 atom stereocenters. The van der Waals surface area contributed by atoms with Gasteiger partial charge in [0.1, 0.15) is 11.3 Å². The van der Waals surface area contributed by atoms with E-state index in [4.69, 9.17) is 0 Å². The summed E-state index contributed by atoms with van der Waals surface area (Å²) in [5.41, 5.74) is 2.38. The summed E-state index contributed by atoms with van der Waals surface area (Å²) in [6, 6.07) is 18.5. The molecule has 3 heterocycles. The van der Waals surface area contributed by atoms with Crippen LogP contribution in [-0.4, -0.2) is 56.5 Å². The Hall–Kier alpha value is -3.17. The number of hydrogen-bond donors (Lipinski definition) is 0. The number of carbonyl (C=O) groups excluding carboxylic acids is 1. The Balaban J connectivity index is 1.38. The van der Waals surface area contributed by atoms with Crippen LogP contribution in [0.25, 0.3) is 16.9 Å². The predicted molar refractivity (Wildman–Crippen MR) is 129 cm³/mol. The van der Waals surface area contributed by atoms with Gasteiger partial charge < -0.3 is 4.90 Å². The van der Waals surface area contributed by atoms with Gasteiger partial charge in [0.2, 0.25) is 0 Å². The van der Waals surface area contributed by atoms with Crippen molar-refractivity contribution >= 4 is 27.5 Å². The molecule has 0 unspecified atom stereocenters. The Morgan fingerprint density at radius 1 is 1.00 bits per heavy atom. The minimum atomic E-state index is -2.75. The molecule has 0 saturated carbocycles. The van der Waals surface area contributed by atoms with Gasteiger partial charge in [-0.1, -0.05) is 64.5 Å². The van der Waals surface area contributed by atoms with Crippen molar-refractivity contribution in [1.29, 1.82) is 0 Å². The van der Waals surface area contributed by atoms with Crippen LogP contribution in [0.3, 0.4) is 0 Å². The topological polar surface area (TPSA) is 53.7 Å².